The fraction of sp³-hybridized carbons (Fsp3) is 0.647. The number of nitriles is 1. The van der Waals surface area contributed by atoms with Crippen molar-refractivity contribution in [3.05, 3.63) is 11.3 Å². The van der Waals surface area contributed by atoms with Crippen LogP contribution in [0.3, 0.4) is 0 Å². The van der Waals surface area contributed by atoms with Gasteiger partial charge in [0, 0.05) is 32.7 Å². The van der Waals surface area contributed by atoms with Gasteiger partial charge in [-0.3, -0.25) is 10.1 Å². The van der Waals surface area contributed by atoms with Crippen LogP contribution >= 0.6 is 24.0 Å². The molecule has 1 aliphatic rings. The number of aryl methyl sites for hydroxylation is 1. The average Bonchev–Trinajstić information content (AvgIpc) is 2.96. The molecule has 0 bridgehead atoms. The smallest absolute Gasteiger partial charge is 0.410 e. The van der Waals surface area contributed by atoms with Gasteiger partial charge in [-0.15, -0.1) is 24.0 Å². The molecule has 0 atom stereocenters. The Morgan fingerprint density at radius 1 is 1.32 bits per heavy atom. The number of hydrogen-bond acceptors (Lipinski definition) is 6. The number of anilines is 1. The fourth-order valence-electron chi connectivity index (χ4n) is 2.69. The molecule has 28 heavy (non-hydrogen) atoms. The molecule has 5 N–H and O–H groups in total. The molecule has 0 unspecified atom stereocenters. The van der Waals surface area contributed by atoms with Crippen LogP contribution in [0.5, 0.6) is 0 Å². The Kier molecular flexibility index (Phi) is 8.80. The van der Waals surface area contributed by atoms with E-state index in [0.717, 1.165) is 12.1 Å². The summed E-state index contributed by atoms with van der Waals surface area (Å²) >= 11 is 0. The van der Waals surface area contributed by atoms with E-state index >= 15 is 0 Å². The van der Waals surface area contributed by atoms with E-state index in [-0.39, 0.29) is 35.9 Å². The maximum absolute atomic E-state index is 12.1. The quantitative estimate of drug-likeness (QED) is 0.242. The lowest BCUT2D eigenvalue weighted by atomic mass is 10.1. The number of amides is 1. The van der Waals surface area contributed by atoms with Crippen molar-refractivity contribution in [2.24, 2.45) is 10.7 Å². The molecule has 1 saturated heterocycles. The molecule has 0 aromatic carbocycles. The second-order valence-electron chi connectivity index (χ2n) is 7.37. The normalized spacial score (nSPS) is 15.0. The first-order valence-corrected chi connectivity index (χ1v) is 8.97. The molecule has 2 rings (SSSR count). The molecular weight excluding hydrogens is 475 g/mol. The summed E-state index contributed by atoms with van der Waals surface area (Å²) < 4.78 is 5.38. The Hall–Kier alpha value is -2.23. The van der Waals surface area contributed by atoms with Crippen LogP contribution in [-0.4, -0.2) is 70.4 Å². The molecule has 1 aromatic heterocycles. The number of rotatable bonds is 4. The van der Waals surface area contributed by atoms with E-state index in [4.69, 9.17) is 21.5 Å². The lowest BCUT2D eigenvalue weighted by Crippen LogP contribution is -2.53. The van der Waals surface area contributed by atoms with Gasteiger partial charge in [0.25, 0.3) is 0 Å². The number of carbonyl (C=O) groups is 1. The molecule has 156 valence electrons. The number of piperazine rings is 1. The summed E-state index contributed by atoms with van der Waals surface area (Å²) in [5.74, 6) is 0.682. The minimum absolute atomic E-state index is 0. The highest BCUT2D eigenvalue weighted by atomic mass is 127. The predicted molar refractivity (Wildman–Crippen MR) is 117 cm³/mol. The van der Waals surface area contributed by atoms with Gasteiger partial charge in [-0.1, -0.05) is 0 Å². The van der Waals surface area contributed by atoms with E-state index in [1.165, 1.54) is 0 Å². The third-order valence-corrected chi connectivity index (χ3v) is 4.10. The standard InChI is InChI=1S/C17H28N8O2.HI/c1-17(2,3)27-16(26)25-9-7-24(8-10-25)15(20)21-6-4-5-13-12(11-18)14(19)23-22-13;/h4-10H2,1-3H3,(H2,20,21)(H3,19,22,23);1H. The van der Waals surface area contributed by atoms with Gasteiger partial charge in [-0.2, -0.15) is 10.4 Å². The lowest BCUT2D eigenvalue weighted by molar-refractivity contribution is 0.0186. The summed E-state index contributed by atoms with van der Waals surface area (Å²) in [7, 11) is 0. The molecule has 11 heteroatoms. The van der Waals surface area contributed by atoms with Crippen LogP contribution in [0.15, 0.2) is 4.99 Å². The zero-order valence-electron chi connectivity index (χ0n) is 16.6. The molecule has 1 aromatic rings. The Morgan fingerprint density at radius 2 is 1.93 bits per heavy atom. The van der Waals surface area contributed by atoms with Crippen LogP contribution in [0, 0.1) is 11.3 Å². The number of aliphatic imine (C=N–C) groups is 1. The number of guanidine groups is 1. The van der Waals surface area contributed by atoms with E-state index < -0.39 is 5.60 Å². The zero-order chi connectivity index (χ0) is 20.0. The minimum atomic E-state index is -0.501. The summed E-state index contributed by atoms with van der Waals surface area (Å²) in [6.07, 6.45) is 1.04. The van der Waals surface area contributed by atoms with Crippen LogP contribution < -0.4 is 11.5 Å². The van der Waals surface area contributed by atoms with Gasteiger partial charge in [0.05, 0.1) is 5.69 Å². The summed E-state index contributed by atoms with van der Waals surface area (Å²) in [4.78, 5) is 20.1. The molecule has 0 radical (unpaired) electrons. The Morgan fingerprint density at radius 3 is 2.50 bits per heavy atom. The first-order valence-electron chi connectivity index (χ1n) is 8.97. The van der Waals surface area contributed by atoms with Crippen molar-refractivity contribution in [1.82, 2.24) is 20.0 Å². The second kappa shape index (κ2) is 10.4. The van der Waals surface area contributed by atoms with Crippen LogP contribution in [0.4, 0.5) is 10.6 Å². The van der Waals surface area contributed by atoms with E-state index in [9.17, 15) is 4.79 Å². The van der Waals surface area contributed by atoms with Gasteiger partial charge in [0.2, 0.25) is 0 Å². The van der Waals surface area contributed by atoms with Crippen molar-refractivity contribution in [1.29, 1.82) is 5.26 Å². The van der Waals surface area contributed by atoms with Gasteiger partial charge in [-0.05, 0) is 33.6 Å². The number of nitrogens with one attached hydrogen (secondary N) is 1. The first kappa shape index (κ1) is 23.8. The van der Waals surface area contributed by atoms with Gasteiger partial charge in [0.15, 0.2) is 11.8 Å². The Labute approximate surface area is 182 Å². The molecule has 10 nitrogen and oxygen atoms in total. The second-order valence-corrected chi connectivity index (χ2v) is 7.37. The number of halogens is 1. The Bertz CT molecular complexity index is 726. The van der Waals surface area contributed by atoms with E-state index in [2.05, 4.69) is 15.2 Å². The molecule has 2 heterocycles. The molecule has 1 amide bonds. The van der Waals surface area contributed by atoms with E-state index in [1.807, 2.05) is 31.7 Å². The number of carbonyl (C=O) groups excluding carboxylic acids is 1. The van der Waals surface area contributed by atoms with Gasteiger partial charge < -0.3 is 26.0 Å². The van der Waals surface area contributed by atoms with Crippen molar-refractivity contribution in [3.63, 3.8) is 0 Å². The summed E-state index contributed by atoms with van der Waals surface area (Å²) in [5.41, 5.74) is 12.3. The number of aromatic amines is 1. The maximum atomic E-state index is 12.1. The largest absolute Gasteiger partial charge is 0.444 e. The van der Waals surface area contributed by atoms with Crippen molar-refractivity contribution in [2.45, 2.75) is 39.2 Å². The average molecular weight is 504 g/mol. The zero-order valence-corrected chi connectivity index (χ0v) is 18.9. The summed E-state index contributed by atoms with van der Waals surface area (Å²) in [6, 6.07) is 2.04. The van der Waals surface area contributed by atoms with Crippen molar-refractivity contribution >= 4 is 41.8 Å². The van der Waals surface area contributed by atoms with Gasteiger partial charge in [0.1, 0.15) is 17.2 Å². The third-order valence-electron chi connectivity index (χ3n) is 4.10. The summed E-state index contributed by atoms with van der Waals surface area (Å²) in [5, 5.41) is 15.7. The number of nitrogens with zero attached hydrogens (tertiary/aromatic N) is 5. The van der Waals surface area contributed by atoms with Crippen molar-refractivity contribution in [2.75, 3.05) is 38.5 Å². The van der Waals surface area contributed by atoms with E-state index in [0.29, 0.717) is 50.7 Å². The molecule has 0 spiro atoms. The highest BCUT2D eigenvalue weighted by Gasteiger charge is 2.26. The number of aromatic nitrogens is 2. The molecular formula is C17H29IN8O2. The molecule has 0 saturated carbocycles. The van der Waals surface area contributed by atoms with Crippen LogP contribution in [-0.2, 0) is 11.2 Å². The number of hydrogen-bond donors (Lipinski definition) is 3. The predicted octanol–water partition coefficient (Wildman–Crippen LogP) is 1.28. The number of nitrogens with two attached hydrogens (primary N) is 2. The number of ether oxygens (including phenoxy) is 1. The number of H-pyrrole nitrogens is 1. The summed E-state index contributed by atoms with van der Waals surface area (Å²) in [6.45, 7) is 8.40. The topological polar surface area (TPSA) is 150 Å². The van der Waals surface area contributed by atoms with Crippen molar-refractivity contribution in [3.8, 4) is 6.07 Å². The van der Waals surface area contributed by atoms with Crippen LogP contribution in [0.1, 0.15) is 38.4 Å². The van der Waals surface area contributed by atoms with Crippen molar-refractivity contribution < 1.29 is 9.53 Å². The van der Waals surface area contributed by atoms with Crippen LogP contribution in [0.2, 0.25) is 0 Å². The highest BCUT2D eigenvalue weighted by Crippen LogP contribution is 2.14. The van der Waals surface area contributed by atoms with Crippen LogP contribution in [0.25, 0.3) is 0 Å². The Balaban J connectivity index is 0.00000392. The van der Waals surface area contributed by atoms with Gasteiger partial charge in [-0.25, -0.2) is 4.79 Å². The van der Waals surface area contributed by atoms with Gasteiger partial charge >= 0.3 is 6.09 Å². The monoisotopic (exact) mass is 504 g/mol. The highest BCUT2D eigenvalue weighted by molar-refractivity contribution is 14.0. The van der Waals surface area contributed by atoms with E-state index in [1.54, 1.807) is 4.90 Å². The lowest BCUT2D eigenvalue weighted by Gasteiger charge is -2.36. The molecule has 0 aliphatic carbocycles. The minimum Gasteiger partial charge on any atom is -0.444 e. The fourth-order valence-corrected chi connectivity index (χ4v) is 2.69. The maximum Gasteiger partial charge on any atom is 0.410 e. The molecule has 1 aliphatic heterocycles. The SMILES string of the molecule is CC(C)(C)OC(=O)N1CCN(C(N)=NCCCc2[nH]nc(N)c2C#N)CC1.I. The number of nitrogen functional groups attached to an aromatic ring is 1. The third kappa shape index (κ3) is 6.74. The first-order chi connectivity index (χ1) is 12.7. The molecule has 1 fully saturated rings.